The standard InChI is InChI=1S/C21H21FN2O2/c22-16-4-1-13(2-5-16)9-17-11-19(26-24-17)20(25)23-12-14-10-15-3-6-18(14)21(15)7-8-21/h1-6,11,14-15,18H,7-10,12H2,(H,23,25). The normalized spacial score (nSPS) is 27.2. The van der Waals surface area contributed by atoms with Gasteiger partial charge in [0.05, 0.1) is 5.69 Å². The molecule has 0 saturated heterocycles. The Morgan fingerprint density at radius 1 is 1.27 bits per heavy atom. The maximum Gasteiger partial charge on any atom is 0.289 e. The number of halogens is 1. The number of hydrogen-bond donors (Lipinski definition) is 1. The molecule has 1 N–H and O–H groups in total. The largest absolute Gasteiger partial charge is 0.351 e. The first kappa shape index (κ1) is 15.8. The zero-order chi connectivity index (χ0) is 17.7. The molecule has 5 heteroatoms. The summed E-state index contributed by atoms with van der Waals surface area (Å²) in [6.45, 7) is 0.695. The van der Waals surface area contributed by atoms with Crippen molar-refractivity contribution in [2.24, 2.45) is 23.2 Å². The Labute approximate surface area is 151 Å². The summed E-state index contributed by atoms with van der Waals surface area (Å²) in [5, 5.41) is 6.99. The summed E-state index contributed by atoms with van der Waals surface area (Å²) in [6, 6.07) is 7.92. The number of carbonyl (C=O) groups excluding carboxylic acids is 1. The topological polar surface area (TPSA) is 55.1 Å². The molecular weight excluding hydrogens is 331 g/mol. The summed E-state index contributed by atoms with van der Waals surface area (Å²) < 4.78 is 18.2. The van der Waals surface area contributed by atoms with Crippen molar-refractivity contribution in [1.82, 2.24) is 10.5 Å². The van der Waals surface area contributed by atoms with Crippen LogP contribution in [0.25, 0.3) is 0 Å². The third-order valence-corrected chi connectivity index (χ3v) is 6.45. The van der Waals surface area contributed by atoms with Crippen molar-refractivity contribution in [3.63, 3.8) is 0 Å². The number of benzene rings is 1. The maximum atomic E-state index is 13.0. The predicted molar refractivity (Wildman–Crippen MR) is 93.9 cm³/mol. The highest BCUT2D eigenvalue weighted by Crippen LogP contribution is 2.69. The average Bonchev–Trinajstić information content (AvgIpc) is 3.07. The molecule has 1 aromatic carbocycles. The van der Waals surface area contributed by atoms with E-state index in [4.69, 9.17) is 4.52 Å². The van der Waals surface area contributed by atoms with E-state index in [1.54, 1.807) is 18.2 Å². The minimum Gasteiger partial charge on any atom is -0.351 e. The van der Waals surface area contributed by atoms with Crippen molar-refractivity contribution >= 4 is 5.91 Å². The fourth-order valence-electron chi connectivity index (χ4n) is 4.98. The van der Waals surface area contributed by atoms with Gasteiger partial charge < -0.3 is 9.84 Å². The van der Waals surface area contributed by atoms with Gasteiger partial charge in [-0.1, -0.05) is 29.4 Å². The van der Waals surface area contributed by atoms with Crippen molar-refractivity contribution < 1.29 is 13.7 Å². The quantitative estimate of drug-likeness (QED) is 0.834. The number of nitrogens with one attached hydrogen (secondary N) is 1. The SMILES string of the molecule is O=C(NCC1CC2C=CC1C21CC1)c1cc(Cc2ccc(F)cc2)no1. The Bertz CT molecular complexity index is 866. The molecule has 0 radical (unpaired) electrons. The molecular formula is C21H21FN2O2. The highest BCUT2D eigenvalue weighted by molar-refractivity contribution is 5.91. The van der Waals surface area contributed by atoms with E-state index < -0.39 is 0 Å². The number of allylic oxidation sites excluding steroid dienone is 2. The molecule has 2 aromatic rings. The summed E-state index contributed by atoms with van der Waals surface area (Å²) in [5.41, 5.74) is 2.14. The van der Waals surface area contributed by atoms with E-state index in [-0.39, 0.29) is 17.5 Å². The van der Waals surface area contributed by atoms with E-state index in [1.165, 1.54) is 31.4 Å². The monoisotopic (exact) mass is 352 g/mol. The maximum absolute atomic E-state index is 13.0. The van der Waals surface area contributed by atoms with Gasteiger partial charge in [-0.05, 0) is 60.1 Å². The first-order valence-electron chi connectivity index (χ1n) is 9.31. The van der Waals surface area contributed by atoms with E-state index in [0.29, 0.717) is 35.9 Å². The molecule has 3 aliphatic rings. The molecule has 3 aliphatic carbocycles. The Kier molecular flexibility index (Phi) is 3.52. The predicted octanol–water partition coefficient (Wildman–Crippen LogP) is 3.74. The molecule has 134 valence electrons. The molecule has 26 heavy (non-hydrogen) atoms. The van der Waals surface area contributed by atoms with Crippen LogP contribution in [0, 0.1) is 29.0 Å². The van der Waals surface area contributed by atoms with Crippen molar-refractivity contribution in [3.05, 3.63) is 65.3 Å². The molecule has 3 unspecified atom stereocenters. The lowest BCUT2D eigenvalue weighted by atomic mass is 9.89. The average molecular weight is 352 g/mol. The Balaban J connectivity index is 1.18. The molecule has 1 spiro atoms. The zero-order valence-corrected chi connectivity index (χ0v) is 14.5. The van der Waals surface area contributed by atoms with Crippen molar-refractivity contribution in [1.29, 1.82) is 0 Å². The van der Waals surface area contributed by atoms with Crippen molar-refractivity contribution in [3.8, 4) is 0 Å². The molecule has 1 amide bonds. The number of carbonyl (C=O) groups is 1. The van der Waals surface area contributed by atoms with Gasteiger partial charge in [-0.15, -0.1) is 0 Å². The lowest BCUT2D eigenvalue weighted by molar-refractivity contribution is 0.0907. The minimum absolute atomic E-state index is 0.209. The second-order valence-corrected chi connectivity index (χ2v) is 7.94. The summed E-state index contributed by atoms with van der Waals surface area (Å²) in [6.07, 6.45) is 9.13. The van der Waals surface area contributed by atoms with Crippen LogP contribution in [0.3, 0.4) is 0 Å². The summed E-state index contributed by atoms with van der Waals surface area (Å²) in [4.78, 5) is 12.4. The number of aromatic nitrogens is 1. The third kappa shape index (κ3) is 2.57. The first-order valence-corrected chi connectivity index (χ1v) is 9.31. The smallest absolute Gasteiger partial charge is 0.289 e. The van der Waals surface area contributed by atoms with E-state index >= 15 is 0 Å². The van der Waals surface area contributed by atoms with E-state index in [1.807, 2.05) is 0 Å². The van der Waals surface area contributed by atoms with Crippen LogP contribution in [-0.2, 0) is 6.42 Å². The summed E-state index contributed by atoms with van der Waals surface area (Å²) in [7, 11) is 0. The second kappa shape index (κ2) is 5.79. The molecule has 4 nitrogen and oxygen atoms in total. The number of hydrogen-bond acceptors (Lipinski definition) is 3. The lowest BCUT2D eigenvalue weighted by Gasteiger charge is -2.19. The van der Waals surface area contributed by atoms with Crippen molar-refractivity contribution in [2.45, 2.75) is 25.7 Å². The highest BCUT2D eigenvalue weighted by Gasteiger charge is 2.62. The van der Waals surface area contributed by atoms with E-state index in [0.717, 1.165) is 11.5 Å². The van der Waals surface area contributed by atoms with Crippen LogP contribution in [0.15, 0.2) is 47.0 Å². The van der Waals surface area contributed by atoms with E-state index in [2.05, 4.69) is 22.6 Å². The van der Waals surface area contributed by atoms with Gasteiger partial charge in [-0.25, -0.2) is 4.39 Å². The Hall–Kier alpha value is -2.43. The van der Waals surface area contributed by atoms with Crippen LogP contribution < -0.4 is 5.32 Å². The van der Waals surface area contributed by atoms with Gasteiger partial charge in [0.2, 0.25) is 5.76 Å². The second-order valence-electron chi connectivity index (χ2n) is 7.94. The zero-order valence-electron chi connectivity index (χ0n) is 14.5. The Morgan fingerprint density at radius 3 is 2.81 bits per heavy atom. The van der Waals surface area contributed by atoms with Crippen LogP contribution in [0.1, 0.15) is 41.1 Å². The van der Waals surface area contributed by atoms with Crippen LogP contribution in [0.5, 0.6) is 0 Å². The lowest BCUT2D eigenvalue weighted by Crippen LogP contribution is -2.31. The summed E-state index contributed by atoms with van der Waals surface area (Å²) >= 11 is 0. The molecule has 1 heterocycles. The van der Waals surface area contributed by atoms with Gasteiger partial charge >= 0.3 is 0 Å². The molecule has 0 aliphatic heterocycles. The van der Waals surface area contributed by atoms with Gasteiger partial charge in [-0.2, -0.15) is 0 Å². The van der Waals surface area contributed by atoms with Crippen molar-refractivity contribution in [2.75, 3.05) is 6.54 Å². The molecule has 2 saturated carbocycles. The molecule has 2 fully saturated rings. The Morgan fingerprint density at radius 2 is 2.08 bits per heavy atom. The first-order chi connectivity index (χ1) is 12.6. The van der Waals surface area contributed by atoms with Crippen LogP contribution in [0.2, 0.25) is 0 Å². The molecule has 3 atom stereocenters. The minimum atomic E-state index is -0.266. The number of amides is 1. The van der Waals surface area contributed by atoms with Gasteiger partial charge in [0.25, 0.3) is 5.91 Å². The fourth-order valence-corrected chi connectivity index (χ4v) is 4.98. The number of rotatable bonds is 5. The number of nitrogens with zero attached hydrogens (tertiary/aromatic N) is 1. The van der Waals surface area contributed by atoms with E-state index in [9.17, 15) is 9.18 Å². The van der Waals surface area contributed by atoms with Gasteiger partial charge in [-0.3, -0.25) is 4.79 Å². The molecule has 1 aromatic heterocycles. The van der Waals surface area contributed by atoms with Crippen LogP contribution in [-0.4, -0.2) is 17.6 Å². The van der Waals surface area contributed by atoms with Crippen LogP contribution >= 0.6 is 0 Å². The van der Waals surface area contributed by atoms with Gasteiger partial charge in [0.15, 0.2) is 0 Å². The van der Waals surface area contributed by atoms with Crippen LogP contribution in [0.4, 0.5) is 4.39 Å². The molecule has 5 rings (SSSR count). The molecule has 2 bridgehead atoms. The highest BCUT2D eigenvalue weighted by atomic mass is 19.1. The van der Waals surface area contributed by atoms with Gasteiger partial charge in [0.1, 0.15) is 5.82 Å². The third-order valence-electron chi connectivity index (χ3n) is 6.45. The van der Waals surface area contributed by atoms with Gasteiger partial charge in [0, 0.05) is 19.0 Å². The fraction of sp³-hybridized carbons (Fsp3) is 0.429. The summed E-state index contributed by atoms with van der Waals surface area (Å²) in [5.74, 6) is 1.66.